The molecule has 88 valence electrons. The fourth-order valence-corrected chi connectivity index (χ4v) is 1.72. The molecule has 0 unspecified atom stereocenters. The molecule has 2 heteroatoms. The molecule has 0 amide bonds. The summed E-state index contributed by atoms with van der Waals surface area (Å²) in [7, 11) is 0. The molecule has 2 aromatic rings. The molecule has 2 aromatic carbocycles. The summed E-state index contributed by atoms with van der Waals surface area (Å²) in [4.78, 5) is 0. The zero-order chi connectivity index (χ0) is 11.9. The van der Waals surface area contributed by atoms with Gasteiger partial charge in [-0.1, -0.05) is 30.3 Å². The Morgan fingerprint density at radius 3 is 2.12 bits per heavy atom. The highest BCUT2D eigenvalue weighted by molar-refractivity contribution is 5.46. The molecule has 2 rings (SSSR count). The quantitative estimate of drug-likeness (QED) is 0.762. The van der Waals surface area contributed by atoms with Crippen molar-refractivity contribution in [1.82, 2.24) is 0 Å². The van der Waals surface area contributed by atoms with Gasteiger partial charge in [0.25, 0.3) is 0 Å². The molecule has 0 saturated heterocycles. The van der Waals surface area contributed by atoms with Crippen LogP contribution in [-0.4, -0.2) is 13.1 Å². The van der Waals surface area contributed by atoms with E-state index in [1.165, 1.54) is 16.9 Å². The standard InChI is InChI=1S/C15H18N2/c1-13-6-5-9-15(12-13)17-11-10-16-14-7-3-2-4-8-14/h2-9,12,16-17H,10-11H2,1H3. The van der Waals surface area contributed by atoms with Crippen molar-refractivity contribution in [1.29, 1.82) is 0 Å². The van der Waals surface area contributed by atoms with Crippen LogP contribution in [0.15, 0.2) is 54.6 Å². The number of aryl methyl sites for hydroxylation is 1. The Kier molecular flexibility index (Phi) is 4.03. The summed E-state index contributed by atoms with van der Waals surface area (Å²) in [6, 6.07) is 18.7. The lowest BCUT2D eigenvalue weighted by molar-refractivity contribution is 1.08. The Morgan fingerprint density at radius 2 is 1.41 bits per heavy atom. The third-order valence-corrected chi connectivity index (χ3v) is 2.58. The Hall–Kier alpha value is -1.96. The molecule has 0 aliphatic rings. The first kappa shape index (κ1) is 11.5. The molecule has 0 bridgehead atoms. The lowest BCUT2D eigenvalue weighted by Crippen LogP contribution is -2.13. The van der Waals surface area contributed by atoms with Crippen LogP contribution < -0.4 is 10.6 Å². The monoisotopic (exact) mass is 226 g/mol. The van der Waals surface area contributed by atoms with Gasteiger partial charge < -0.3 is 10.6 Å². The van der Waals surface area contributed by atoms with E-state index in [0.29, 0.717) is 0 Å². The van der Waals surface area contributed by atoms with Crippen molar-refractivity contribution in [3.63, 3.8) is 0 Å². The molecule has 0 spiro atoms. The Morgan fingerprint density at radius 1 is 0.765 bits per heavy atom. The van der Waals surface area contributed by atoms with Crippen molar-refractivity contribution in [3.05, 3.63) is 60.2 Å². The molecule has 0 aromatic heterocycles. The van der Waals surface area contributed by atoms with Gasteiger partial charge in [0.05, 0.1) is 0 Å². The lowest BCUT2D eigenvalue weighted by atomic mass is 10.2. The number of nitrogens with one attached hydrogen (secondary N) is 2. The average molecular weight is 226 g/mol. The van der Waals surface area contributed by atoms with E-state index in [0.717, 1.165) is 13.1 Å². The molecule has 0 fully saturated rings. The van der Waals surface area contributed by atoms with E-state index in [-0.39, 0.29) is 0 Å². The molecule has 17 heavy (non-hydrogen) atoms. The minimum atomic E-state index is 0.915. The van der Waals surface area contributed by atoms with Crippen LogP contribution in [0.4, 0.5) is 11.4 Å². The van der Waals surface area contributed by atoms with Gasteiger partial charge in [-0.15, -0.1) is 0 Å². The van der Waals surface area contributed by atoms with Crippen LogP contribution in [0.3, 0.4) is 0 Å². The van der Waals surface area contributed by atoms with Crippen LogP contribution in [-0.2, 0) is 0 Å². The molecule has 0 aliphatic carbocycles. The highest BCUT2D eigenvalue weighted by Crippen LogP contribution is 2.09. The van der Waals surface area contributed by atoms with Crippen LogP contribution in [0.2, 0.25) is 0 Å². The first-order chi connectivity index (χ1) is 8.34. The first-order valence-electron chi connectivity index (χ1n) is 5.94. The number of anilines is 2. The number of rotatable bonds is 5. The summed E-state index contributed by atoms with van der Waals surface area (Å²) in [5.74, 6) is 0. The van der Waals surface area contributed by atoms with Crippen molar-refractivity contribution in [2.24, 2.45) is 0 Å². The average Bonchev–Trinajstić information content (AvgIpc) is 2.36. The lowest BCUT2D eigenvalue weighted by Gasteiger charge is -2.09. The van der Waals surface area contributed by atoms with E-state index in [1.807, 2.05) is 18.2 Å². The van der Waals surface area contributed by atoms with Crippen LogP contribution in [0, 0.1) is 6.92 Å². The molecular weight excluding hydrogens is 208 g/mol. The van der Waals surface area contributed by atoms with E-state index in [9.17, 15) is 0 Å². The van der Waals surface area contributed by atoms with Gasteiger partial charge in [0.15, 0.2) is 0 Å². The van der Waals surface area contributed by atoms with Gasteiger partial charge in [-0.05, 0) is 36.8 Å². The van der Waals surface area contributed by atoms with Crippen molar-refractivity contribution >= 4 is 11.4 Å². The summed E-state index contributed by atoms with van der Waals surface area (Å²) in [6.45, 7) is 3.93. The largest absolute Gasteiger partial charge is 0.383 e. The van der Waals surface area contributed by atoms with Gasteiger partial charge >= 0.3 is 0 Å². The minimum Gasteiger partial charge on any atom is -0.383 e. The number of para-hydroxylation sites is 1. The number of hydrogen-bond acceptors (Lipinski definition) is 2. The van der Waals surface area contributed by atoms with Crippen LogP contribution >= 0.6 is 0 Å². The summed E-state index contributed by atoms with van der Waals surface area (Å²) < 4.78 is 0. The normalized spacial score (nSPS) is 9.94. The zero-order valence-corrected chi connectivity index (χ0v) is 10.1. The third kappa shape index (κ3) is 3.83. The van der Waals surface area contributed by atoms with Gasteiger partial charge in [-0.25, -0.2) is 0 Å². The van der Waals surface area contributed by atoms with Gasteiger partial charge in [-0.2, -0.15) is 0 Å². The van der Waals surface area contributed by atoms with Gasteiger partial charge in [-0.3, -0.25) is 0 Å². The highest BCUT2D eigenvalue weighted by atomic mass is 14.9. The first-order valence-corrected chi connectivity index (χ1v) is 5.94. The van der Waals surface area contributed by atoms with Crippen molar-refractivity contribution in [2.75, 3.05) is 23.7 Å². The minimum absolute atomic E-state index is 0.915. The molecule has 0 heterocycles. The predicted molar refractivity (Wildman–Crippen MR) is 74.6 cm³/mol. The van der Waals surface area contributed by atoms with Crippen LogP contribution in [0.1, 0.15) is 5.56 Å². The Balaban J connectivity index is 1.73. The summed E-state index contributed by atoms with van der Waals surface area (Å²) in [6.07, 6.45) is 0. The second kappa shape index (κ2) is 5.94. The second-order valence-electron chi connectivity index (χ2n) is 4.09. The van der Waals surface area contributed by atoms with Crippen LogP contribution in [0.5, 0.6) is 0 Å². The topological polar surface area (TPSA) is 24.1 Å². The molecule has 0 aliphatic heterocycles. The predicted octanol–water partition coefficient (Wildman–Crippen LogP) is 3.52. The van der Waals surface area contributed by atoms with Gasteiger partial charge in [0, 0.05) is 24.5 Å². The highest BCUT2D eigenvalue weighted by Gasteiger charge is 1.92. The van der Waals surface area contributed by atoms with E-state index >= 15 is 0 Å². The molecule has 2 N–H and O–H groups in total. The summed E-state index contributed by atoms with van der Waals surface area (Å²) >= 11 is 0. The number of benzene rings is 2. The van der Waals surface area contributed by atoms with Crippen LogP contribution in [0.25, 0.3) is 0 Å². The molecule has 2 nitrogen and oxygen atoms in total. The van der Waals surface area contributed by atoms with E-state index in [4.69, 9.17) is 0 Å². The SMILES string of the molecule is Cc1cccc(NCCNc2ccccc2)c1. The molecule has 0 atom stereocenters. The summed E-state index contributed by atoms with van der Waals surface area (Å²) in [5.41, 5.74) is 3.63. The summed E-state index contributed by atoms with van der Waals surface area (Å²) in [5, 5.41) is 6.76. The smallest absolute Gasteiger partial charge is 0.0343 e. The van der Waals surface area contributed by atoms with Gasteiger partial charge in [0.2, 0.25) is 0 Å². The van der Waals surface area contributed by atoms with E-state index in [2.05, 4.69) is 54.0 Å². The van der Waals surface area contributed by atoms with E-state index < -0.39 is 0 Å². The number of hydrogen-bond donors (Lipinski definition) is 2. The van der Waals surface area contributed by atoms with E-state index in [1.54, 1.807) is 0 Å². The zero-order valence-electron chi connectivity index (χ0n) is 10.1. The Bertz CT molecular complexity index is 451. The third-order valence-electron chi connectivity index (χ3n) is 2.58. The fourth-order valence-electron chi connectivity index (χ4n) is 1.72. The fraction of sp³-hybridized carbons (Fsp3) is 0.200. The maximum Gasteiger partial charge on any atom is 0.0343 e. The molecule has 0 saturated carbocycles. The second-order valence-corrected chi connectivity index (χ2v) is 4.09. The molecular formula is C15H18N2. The Labute approximate surface area is 103 Å². The van der Waals surface area contributed by atoms with Crippen molar-refractivity contribution in [2.45, 2.75) is 6.92 Å². The van der Waals surface area contributed by atoms with Crippen molar-refractivity contribution in [3.8, 4) is 0 Å². The van der Waals surface area contributed by atoms with Gasteiger partial charge in [0.1, 0.15) is 0 Å². The molecule has 0 radical (unpaired) electrons. The maximum absolute atomic E-state index is 3.39. The van der Waals surface area contributed by atoms with Crippen molar-refractivity contribution < 1.29 is 0 Å². The maximum atomic E-state index is 3.39.